The molecule has 6 heteroatoms. The molecule has 1 unspecified atom stereocenters. The van der Waals surface area contributed by atoms with E-state index in [4.69, 9.17) is 4.74 Å². The van der Waals surface area contributed by atoms with Crippen molar-refractivity contribution in [1.82, 2.24) is 4.90 Å². The summed E-state index contributed by atoms with van der Waals surface area (Å²) < 4.78 is 29.1. The summed E-state index contributed by atoms with van der Waals surface area (Å²) in [7, 11) is -2.96. The highest BCUT2D eigenvalue weighted by Gasteiger charge is 2.41. The molecule has 2 fully saturated rings. The molecule has 1 aromatic rings. The Hall–Kier alpha value is -1.56. The van der Waals surface area contributed by atoms with Gasteiger partial charge >= 0.3 is 0 Å². The first-order valence-electron chi connectivity index (χ1n) is 8.66. The van der Waals surface area contributed by atoms with Crippen molar-refractivity contribution in [3.63, 3.8) is 0 Å². The van der Waals surface area contributed by atoms with Crippen LogP contribution in [0.2, 0.25) is 0 Å². The van der Waals surface area contributed by atoms with Gasteiger partial charge < -0.3 is 9.64 Å². The minimum Gasteiger partial charge on any atom is -0.494 e. The number of benzene rings is 1. The molecule has 3 rings (SSSR count). The molecule has 1 heterocycles. The molecule has 0 spiro atoms. The number of hydrogen-bond donors (Lipinski definition) is 0. The highest BCUT2D eigenvalue weighted by molar-refractivity contribution is 7.91. The predicted octanol–water partition coefficient (Wildman–Crippen LogP) is 2.33. The predicted molar refractivity (Wildman–Crippen MR) is 92.8 cm³/mol. The third kappa shape index (κ3) is 4.50. The third-order valence-electron chi connectivity index (χ3n) is 4.62. The van der Waals surface area contributed by atoms with Crippen LogP contribution in [0.25, 0.3) is 0 Å². The number of carbonyl (C=O) groups excluding carboxylic acids is 1. The van der Waals surface area contributed by atoms with Gasteiger partial charge in [0.25, 0.3) is 0 Å². The van der Waals surface area contributed by atoms with Crippen molar-refractivity contribution < 1.29 is 17.9 Å². The molecular weight excluding hydrogens is 326 g/mol. The molecule has 1 saturated heterocycles. The number of ether oxygens (including phenoxy) is 1. The standard InChI is InChI=1S/C18H25NO4S/c1-14-4-2-5-17(12-14)23-10-3-6-18(20)19(15-7-8-15)16-9-11-24(21,22)13-16/h2,4-5,12,15-16H,3,6-11,13H2,1H3. The Bertz CT molecular complexity index is 697. The smallest absolute Gasteiger partial charge is 0.223 e. The lowest BCUT2D eigenvalue weighted by Crippen LogP contribution is -2.42. The fraction of sp³-hybridized carbons (Fsp3) is 0.611. The second-order valence-electron chi connectivity index (χ2n) is 6.86. The summed E-state index contributed by atoms with van der Waals surface area (Å²) in [6.07, 6.45) is 3.66. The van der Waals surface area contributed by atoms with E-state index in [9.17, 15) is 13.2 Å². The first-order chi connectivity index (χ1) is 11.4. The van der Waals surface area contributed by atoms with E-state index in [0.717, 1.165) is 24.2 Å². The number of rotatable bonds is 7. The Kier molecular flexibility index (Phi) is 5.13. The van der Waals surface area contributed by atoms with Gasteiger partial charge in [-0.1, -0.05) is 12.1 Å². The van der Waals surface area contributed by atoms with Crippen LogP contribution in [0.4, 0.5) is 0 Å². The average molecular weight is 351 g/mol. The van der Waals surface area contributed by atoms with Crippen LogP contribution in [0.3, 0.4) is 0 Å². The normalized spacial score (nSPS) is 22.3. The van der Waals surface area contributed by atoms with Gasteiger partial charge in [-0.2, -0.15) is 0 Å². The van der Waals surface area contributed by atoms with Crippen molar-refractivity contribution in [3.8, 4) is 5.75 Å². The van der Waals surface area contributed by atoms with Crippen LogP contribution >= 0.6 is 0 Å². The molecule has 1 atom stereocenters. The lowest BCUT2D eigenvalue weighted by molar-refractivity contribution is -0.134. The van der Waals surface area contributed by atoms with Crippen LogP contribution in [0, 0.1) is 6.92 Å². The molecule has 0 aromatic heterocycles. The Morgan fingerprint density at radius 1 is 1.25 bits per heavy atom. The van der Waals surface area contributed by atoms with Gasteiger partial charge in [-0.3, -0.25) is 4.79 Å². The van der Waals surface area contributed by atoms with E-state index in [0.29, 0.717) is 25.9 Å². The fourth-order valence-corrected chi connectivity index (χ4v) is 5.01. The Morgan fingerprint density at radius 2 is 2.04 bits per heavy atom. The quantitative estimate of drug-likeness (QED) is 0.707. The van der Waals surface area contributed by atoms with Crippen molar-refractivity contribution in [3.05, 3.63) is 29.8 Å². The molecule has 1 amide bonds. The third-order valence-corrected chi connectivity index (χ3v) is 6.37. The van der Waals surface area contributed by atoms with Gasteiger partial charge in [0.1, 0.15) is 5.75 Å². The summed E-state index contributed by atoms with van der Waals surface area (Å²) in [6.45, 7) is 2.51. The lowest BCUT2D eigenvalue weighted by Gasteiger charge is -2.28. The molecule has 2 aliphatic rings. The van der Waals surface area contributed by atoms with E-state index in [1.807, 2.05) is 36.1 Å². The molecular formula is C18H25NO4S. The summed E-state index contributed by atoms with van der Waals surface area (Å²) in [6, 6.07) is 7.99. The Labute approximate surface area is 143 Å². The Morgan fingerprint density at radius 3 is 2.67 bits per heavy atom. The van der Waals surface area contributed by atoms with Crippen LogP contribution in [0.1, 0.15) is 37.7 Å². The molecule has 1 aromatic carbocycles. The number of sulfone groups is 1. The highest BCUT2D eigenvalue weighted by Crippen LogP contribution is 2.32. The van der Waals surface area contributed by atoms with E-state index in [-0.39, 0.29) is 29.5 Å². The van der Waals surface area contributed by atoms with Gasteiger partial charge in [0.2, 0.25) is 5.91 Å². The van der Waals surface area contributed by atoms with E-state index >= 15 is 0 Å². The van der Waals surface area contributed by atoms with Gasteiger partial charge in [-0.25, -0.2) is 8.42 Å². The van der Waals surface area contributed by atoms with Crippen molar-refractivity contribution in [2.75, 3.05) is 18.1 Å². The first-order valence-corrected chi connectivity index (χ1v) is 10.5. The molecule has 0 bridgehead atoms. The molecule has 1 saturated carbocycles. The maximum Gasteiger partial charge on any atom is 0.223 e. The van der Waals surface area contributed by atoms with Gasteiger partial charge in [0.15, 0.2) is 9.84 Å². The maximum atomic E-state index is 12.6. The van der Waals surface area contributed by atoms with E-state index in [1.54, 1.807) is 0 Å². The first kappa shape index (κ1) is 17.3. The van der Waals surface area contributed by atoms with Crippen LogP contribution in [-0.2, 0) is 14.6 Å². The zero-order valence-electron chi connectivity index (χ0n) is 14.1. The maximum absolute atomic E-state index is 12.6. The lowest BCUT2D eigenvalue weighted by atomic mass is 10.2. The SMILES string of the molecule is Cc1cccc(OCCCC(=O)N(C2CC2)C2CCS(=O)(=O)C2)c1. The summed E-state index contributed by atoms with van der Waals surface area (Å²) in [5, 5.41) is 0. The molecule has 5 nitrogen and oxygen atoms in total. The zero-order chi connectivity index (χ0) is 17.2. The highest BCUT2D eigenvalue weighted by atomic mass is 32.2. The fourth-order valence-electron chi connectivity index (χ4n) is 3.30. The second kappa shape index (κ2) is 7.13. The molecule has 132 valence electrons. The average Bonchev–Trinajstić information content (AvgIpc) is 3.28. The molecule has 1 aliphatic carbocycles. The van der Waals surface area contributed by atoms with Crippen molar-refractivity contribution in [2.45, 2.75) is 51.1 Å². The van der Waals surface area contributed by atoms with Crippen molar-refractivity contribution in [1.29, 1.82) is 0 Å². The zero-order valence-corrected chi connectivity index (χ0v) is 14.9. The van der Waals surface area contributed by atoms with Crippen LogP contribution in [0.15, 0.2) is 24.3 Å². The monoisotopic (exact) mass is 351 g/mol. The van der Waals surface area contributed by atoms with E-state index in [1.165, 1.54) is 0 Å². The summed E-state index contributed by atoms with van der Waals surface area (Å²) in [5.74, 6) is 1.25. The van der Waals surface area contributed by atoms with Crippen LogP contribution in [-0.4, -0.2) is 49.4 Å². The largest absolute Gasteiger partial charge is 0.494 e. The van der Waals surface area contributed by atoms with Gasteiger partial charge in [-0.05, 0) is 50.3 Å². The number of amides is 1. The molecule has 0 radical (unpaired) electrons. The number of aryl methyl sites for hydroxylation is 1. The molecule has 24 heavy (non-hydrogen) atoms. The Balaban J connectivity index is 1.48. The van der Waals surface area contributed by atoms with Gasteiger partial charge in [0.05, 0.1) is 18.1 Å². The summed E-state index contributed by atoms with van der Waals surface area (Å²) in [5.41, 5.74) is 1.14. The van der Waals surface area contributed by atoms with Crippen molar-refractivity contribution >= 4 is 15.7 Å². The van der Waals surface area contributed by atoms with Gasteiger partial charge in [-0.15, -0.1) is 0 Å². The summed E-state index contributed by atoms with van der Waals surface area (Å²) >= 11 is 0. The topological polar surface area (TPSA) is 63.7 Å². The van der Waals surface area contributed by atoms with Crippen LogP contribution in [0.5, 0.6) is 5.75 Å². The van der Waals surface area contributed by atoms with Gasteiger partial charge in [0, 0.05) is 18.5 Å². The number of carbonyl (C=O) groups is 1. The minimum absolute atomic E-state index is 0.0763. The molecule has 1 aliphatic heterocycles. The minimum atomic E-state index is -2.96. The molecule has 0 N–H and O–H groups in total. The second-order valence-corrected chi connectivity index (χ2v) is 9.09. The van der Waals surface area contributed by atoms with Crippen molar-refractivity contribution in [2.24, 2.45) is 0 Å². The number of hydrogen-bond acceptors (Lipinski definition) is 4. The van der Waals surface area contributed by atoms with E-state index in [2.05, 4.69) is 0 Å². The van der Waals surface area contributed by atoms with E-state index < -0.39 is 9.84 Å². The van der Waals surface area contributed by atoms with Crippen LogP contribution < -0.4 is 4.74 Å². The summed E-state index contributed by atoms with van der Waals surface area (Å²) in [4.78, 5) is 14.4. The number of nitrogens with zero attached hydrogens (tertiary/aromatic N) is 1.